The van der Waals surface area contributed by atoms with Crippen LogP contribution in [-0.2, 0) is 0 Å². The number of halogens is 1. The molecule has 2 aromatic rings. The molecule has 0 bridgehead atoms. The highest BCUT2D eigenvalue weighted by Crippen LogP contribution is 2.27. The lowest BCUT2D eigenvalue weighted by atomic mass is 10.1. The van der Waals surface area contributed by atoms with E-state index in [9.17, 15) is 4.39 Å². The van der Waals surface area contributed by atoms with Crippen molar-refractivity contribution in [3.05, 3.63) is 53.2 Å². The molecular formula is C15H15FN2O. The van der Waals surface area contributed by atoms with Crippen LogP contribution < -0.4 is 5.32 Å². The van der Waals surface area contributed by atoms with Crippen LogP contribution in [0, 0.1) is 24.1 Å². The Balaban J connectivity index is 2.32. The van der Waals surface area contributed by atoms with Gasteiger partial charge in [0, 0.05) is 11.3 Å². The summed E-state index contributed by atoms with van der Waals surface area (Å²) < 4.78 is 19.1. The first-order chi connectivity index (χ1) is 9.15. The average molecular weight is 258 g/mol. The van der Waals surface area contributed by atoms with Gasteiger partial charge in [-0.25, -0.2) is 4.39 Å². The molecule has 3 nitrogen and oxygen atoms in total. The third-order valence-electron chi connectivity index (χ3n) is 3.10. The molecular weight excluding hydrogens is 243 g/mol. The predicted octanol–water partition coefficient (Wildman–Crippen LogP) is 4.16. The van der Waals surface area contributed by atoms with E-state index < -0.39 is 0 Å². The number of rotatable bonds is 4. The molecule has 1 heterocycles. The van der Waals surface area contributed by atoms with E-state index in [1.165, 1.54) is 6.07 Å². The maximum atomic E-state index is 13.7. The maximum absolute atomic E-state index is 13.7. The van der Waals surface area contributed by atoms with Gasteiger partial charge in [0.05, 0.1) is 23.9 Å². The van der Waals surface area contributed by atoms with Crippen LogP contribution in [0.3, 0.4) is 0 Å². The van der Waals surface area contributed by atoms with Crippen LogP contribution in [0.5, 0.6) is 0 Å². The first-order valence-electron chi connectivity index (χ1n) is 6.16. The molecule has 1 aromatic heterocycles. The van der Waals surface area contributed by atoms with E-state index in [-0.39, 0.29) is 11.9 Å². The molecule has 0 saturated heterocycles. The van der Waals surface area contributed by atoms with E-state index in [0.29, 0.717) is 16.8 Å². The Bertz CT molecular complexity index is 599. The summed E-state index contributed by atoms with van der Waals surface area (Å²) in [6, 6.07) is 8.51. The molecule has 0 saturated carbocycles. The number of nitriles is 1. The van der Waals surface area contributed by atoms with Crippen molar-refractivity contribution in [3.63, 3.8) is 0 Å². The van der Waals surface area contributed by atoms with Crippen molar-refractivity contribution < 1.29 is 8.81 Å². The summed E-state index contributed by atoms with van der Waals surface area (Å²) in [6.45, 7) is 3.70. The molecule has 1 N–H and O–H groups in total. The van der Waals surface area contributed by atoms with Crippen LogP contribution in [0.1, 0.15) is 36.3 Å². The van der Waals surface area contributed by atoms with Crippen molar-refractivity contribution in [2.45, 2.75) is 26.3 Å². The average Bonchev–Trinajstić information content (AvgIpc) is 2.94. The number of anilines is 1. The minimum absolute atomic E-state index is 0.0398. The van der Waals surface area contributed by atoms with E-state index in [0.717, 1.165) is 12.2 Å². The molecule has 0 aliphatic heterocycles. The Labute approximate surface area is 111 Å². The lowest BCUT2D eigenvalue weighted by Crippen LogP contribution is -2.10. The lowest BCUT2D eigenvalue weighted by molar-refractivity contribution is 0.473. The van der Waals surface area contributed by atoms with Crippen molar-refractivity contribution in [2.24, 2.45) is 0 Å². The van der Waals surface area contributed by atoms with Gasteiger partial charge in [-0.3, -0.25) is 0 Å². The van der Waals surface area contributed by atoms with Gasteiger partial charge in [-0.1, -0.05) is 6.92 Å². The second-order valence-corrected chi connectivity index (χ2v) is 4.36. The van der Waals surface area contributed by atoms with Crippen molar-refractivity contribution in [1.82, 2.24) is 0 Å². The molecule has 1 aromatic carbocycles. The highest BCUT2D eigenvalue weighted by atomic mass is 19.1. The SMILES string of the molecule is CCC(Nc1cc(C#N)cc(F)c1C)c1ccco1. The highest BCUT2D eigenvalue weighted by Gasteiger charge is 2.15. The van der Waals surface area contributed by atoms with Crippen molar-refractivity contribution >= 4 is 5.69 Å². The summed E-state index contributed by atoms with van der Waals surface area (Å²) in [5.41, 5.74) is 1.43. The van der Waals surface area contributed by atoms with Gasteiger partial charge in [-0.05, 0) is 37.6 Å². The van der Waals surface area contributed by atoms with E-state index in [4.69, 9.17) is 9.68 Å². The molecule has 19 heavy (non-hydrogen) atoms. The van der Waals surface area contributed by atoms with Crippen LogP contribution in [0.4, 0.5) is 10.1 Å². The van der Waals surface area contributed by atoms with E-state index >= 15 is 0 Å². The monoisotopic (exact) mass is 258 g/mol. The van der Waals surface area contributed by atoms with Gasteiger partial charge >= 0.3 is 0 Å². The first-order valence-corrected chi connectivity index (χ1v) is 6.16. The van der Waals surface area contributed by atoms with Crippen LogP contribution in [0.2, 0.25) is 0 Å². The summed E-state index contributed by atoms with van der Waals surface area (Å²) >= 11 is 0. The molecule has 0 aliphatic carbocycles. The molecule has 0 fully saturated rings. The highest BCUT2D eigenvalue weighted by molar-refractivity contribution is 5.56. The number of hydrogen-bond acceptors (Lipinski definition) is 3. The Morgan fingerprint density at radius 2 is 2.26 bits per heavy atom. The zero-order valence-electron chi connectivity index (χ0n) is 10.9. The van der Waals surface area contributed by atoms with Crippen LogP contribution in [-0.4, -0.2) is 0 Å². The minimum Gasteiger partial charge on any atom is -0.467 e. The van der Waals surface area contributed by atoms with E-state index in [1.54, 1.807) is 19.3 Å². The van der Waals surface area contributed by atoms with Gasteiger partial charge in [0.15, 0.2) is 0 Å². The topological polar surface area (TPSA) is 49.0 Å². The van der Waals surface area contributed by atoms with Gasteiger partial charge < -0.3 is 9.73 Å². The fraction of sp³-hybridized carbons (Fsp3) is 0.267. The Hall–Kier alpha value is -2.28. The number of nitrogens with one attached hydrogen (secondary N) is 1. The summed E-state index contributed by atoms with van der Waals surface area (Å²) in [5, 5.41) is 12.1. The fourth-order valence-electron chi connectivity index (χ4n) is 1.94. The largest absolute Gasteiger partial charge is 0.467 e. The van der Waals surface area contributed by atoms with Crippen molar-refractivity contribution in [2.75, 3.05) is 5.32 Å². The molecule has 0 amide bonds. The van der Waals surface area contributed by atoms with Crippen LogP contribution in [0.25, 0.3) is 0 Å². The Kier molecular flexibility index (Phi) is 3.86. The van der Waals surface area contributed by atoms with E-state index in [2.05, 4.69) is 5.32 Å². The molecule has 1 atom stereocenters. The molecule has 0 spiro atoms. The van der Waals surface area contributed by atoms with Gasteiger partial charge in [-0.15, -0.1) is 0 Å². The maximum Gasteiger partial charge on any atom is 0.129 e. The Morgan fingerprint density at radius 3 is 2.84 bits per heavy atom. The quantitative estimate of drug-likeness (QED) is 0.895. The van der Waals surface area contributed by atoms with Gasteiger partial charge in [0.1, 0.15) is 11.6 Å². The van der Waals surface area contributed by atoms with Crippen molar-refractivity contribution in [3.8, 4) is 6.07 Å². The third-order valence-corrected chi connectivity index (χ3v) is 3.10. The van der Waals surface area contributed by atoms with Crippen molar-refractivity contribution in [1.29, 1.82) is 5.26 Å². The second-order valence-electron chi connectivity index (χ2n) is 4.36. The molecule has 4 heteroatoms. The lowest BCUT2D eigenvalue weighted by Gasteiger charge is -2.18. The Morgan fingerprint density at radius 1 is 1.47 bits per heavy atom. The summed E-state index contributed by atoms with van der Waals surface area (Å²) in [6.07, 6.45) is 2.41. The molecule has 1 unspecified atom stereocenters. The summed E-state index contributed by atoms with van der Waals surface area (Å²) in [5.74, 6) is 0.417. The van der Waals surface area contributed by atoms with Gasteiger partial charge in [0.25, 0.3) is 0 Å². The summed E-state index contributed by atoms with van der Waals surface area (Å²) in [7, 11) is 0. The zero-order chi connectivity index (χ0) is 13.8. The molecule has 2 rings (SSSR count). The molecule has 0 radical (unpaired) electrons. The minimum atomic E-state index is -0.379. The zero-order valence-corrected chi connectivity index (χ0v) is 10.9. The number of furan rings is 1. The van der Waals surface area contributed by atoms with Gasteiger partial charge in [-0.2, -0.15) is 5.26 Å². The number of nitrogens with zero attached hydrogens (tertiary/aromatic N) is 1. The normalized spacial score (nSPS) is 11.9. The smallest absolute Gasteiger partial charge is 0.129 e. The molecule has 0 aliphatic rings. The second kappa shape index (κ2) is 5.57. The fourth-order valence-corrected chi connectivity index (χ4v) is 1.94. The number of hydrogen-bond donors (Lipinski definition) is 1. The van der Waals surface area contributed by atoms with E-state index in [1.807, 2.05) is 25.1 Å². The van der Waals surface area contributed by atoms with Crippen LogP contribution >= 0.6 is 0 Å². The third kappa shape index (κ3) is 2.76. The predicted molar refractivity (Wildman–Crippen MR) is 71.2 cm³/mol. The summed E-state index contributed by atoms with van der Waals surface area (Å²) in [4.78, 5) is 0. The van der Waals surface area contributed by atoms with Gasteiger partial charge in [0.2, 0.25) is 0 Å². The molecule has 98 valence electrons. The van der Waals surface area contributed by atoms with Crippen LogP contribution in [0.15, 0.2) is 34.9 Å². The number of benzene rings is 1. The first kappa shape index (κ1) is 13.2. The standard InChI is InChI=1S/C15H15FN2O/c1-3-13(15-5-4-6-19-15)18-14-8-11(9-17)7-12(16)10(14)2/h4-8,13,18H,3H2,1-2H3.